The van der Waals surface area contributed by atoms with Gasteiger partial charge < -0.3 is 9.73 Å². The van der Waals surface area contributed by atoms with E-state index in [1.165, 1.54) is 0 Å². The van der Waals surface area contributed by atoms with Gasteiger partial charge in [-0.05, 0) is 48.2 Å². The van der Waals surface area contributed by atoms with Crippen molar-refractivity contribution in [1.29, 1.82) is 0 Å². The molecule has 0 saturated carbocycles. The number of rotatable bonds is 6. The lowest BCUT2D eigenvalue weighted by molar-refractivity contribution is 0.467. The Labute approximate surface area is 131 Å². The van der Waals surface area contributed by atoms with Gasteiger partial charge in [-0.1, -0.05) is 12.1 Å². The first kappa shape index (κ1) is 15.5. The molecule has 4 nitrogen and oxygen atoms in total. The minimum absolute atomic E-state index is 0.200. The Morgan fingerprint density at radius 3 is 2.75 bits per heavy atom. The van der Waals surface area contributed by atoms with Crippen LogP contribution in [0.2, 0.25) is 0 Å². The van der Waals surface area contributed by atoms with Gasteiger partial charge >= 0.3 is 0 Å². The van der Waals surface area contributed by atoms with Gasteiger partial charge in [0.1, 0.15) is 0 Å². The largest absolute Gasteiger partial charge is 0.419 e. The van der Waals surface area contributed by atoms with Gasteiger partial charge in [-0.25, -0.2) is 0 Å². The molecule has 1 aromatic heterocycles. The highest BCUT2D eigenvalue weighted by Gasteiger charge is 2.16. The van der Waals surface area contributed by atoms with Gasteiger partial charge in [-0.15, -0.1) is 10.2 Å². The number of aromatic nitrogens is 2. The molecule has 0 saturated heterocycles. The predicted molar refractivity (Wildman–Crippen MR) is 86.7 cm³/mol. The van der Waals surface area contributed by atoms with Crippen molar-refractivity contribution in [3.8, 4) is 11.5 Å². The fourth-order valence-electron chi connectivity index (χ4n) is 1.61. The first-order valence-corrected chi connectivity index (χ1v) is 8.37. The highest BCUT2D eigenvalue weighted by Crippen LogP contribution is 2.26. The van der Waals surface area contributed by atoms with Gasteiger partial charge in [0.2, 0.25) is 11.8 Å². The molecule has 20 heavy (non-hydrogen) atoms. The monoisotopic (exact) mass is 355 g/mol. The summed E-state index contributed by atoms with van der Waals surface area (Å²) in [5, 5.41) is 11.5. The summed E-state index contributed by atoms with van der Waals surface area (Å²) in [6, 6.07) is 7.81. The smallest absolute Gasteiger partial charge is 0.248 e. The molecule has 0 aliphatic heterocycles. The van der Waals surface area contributed by atoms with Crippen molar-refractivity contribution in [3.63, 3.8) is 0 Å². The lowest BCUT2D eigenvalue weighted by Gasteiger charge is -2.21. The van der Waals surface area contributed by atoms with E-state index < -0.39 is 0 Å². The molecular weight excluding hydrogens is 338 g/mol. The first-order valence-electron chi connectivity index (χ1n) is 6.35. The maximum atomic E-state index is 5.68. The zero-order valence-electron chi connectivity index (χ0n) is 11.8. The van der Waals surface area contributed by atoms with Gasteiger partial charge in [0.15, 0.2) is 0 Å². The summed E-state index contributed by atoms with van der Waals surface area (Å²) in [6.45, 7) is 5.87. The van der Waals surface area contributed by atoms with Crippen LogP contribution in [0, 0.1) is 0 Å². The summed E-state index contributed by atoms with van der Waals surface area (Å²) in [5.74, 6) is 1.14. The average molecular weight is 356 g/mol. The number of nitrogens with zero attached hydrogens (tertiary/aromatic N) is 2. The van der Waals surface area contributed by atoms with Crippen LogP contribution in [-0.4, -0.2) is 27.7 Å². The maximum absolute atomic E-state index is 5.68. The second-order valence-corrected chi connectivity index (χ2v) is 7.42. The minimum atomic E-state index is 0.200. The predicted octanol–water partition coefficient (Wildman–Crippen LogP) is 3.73. The summed E-state index contributed by atoms with van der Waals surface area (Å²) in [6.07, 6.45) is 2.11. The molecule has 6 heteroatoms. The molecule has 2 rings (SSSR count). The molecule has 2 aromatic rings. The molecule has 0 amide bonds. The first-order chi connectivity index (χ1) is 9.52. The number of hydrogen-bond donors (Lipinski definition) is 1. The van der Waals surface area contributed by atoms with E-state index in [0.717, 1.165) is 16.6 Å². The van der Waals surface area contributed by atoms with Crippen LogP contribution in [0.4, 0.5) is 0 Å². The summed E-state index contributed by atoms with van der Waals surface area (Å²) in [4.78, 5) is 0. The molecule has 0 atom stereocenters. The van der Waals surface area contributed by atoms with Crippen LogP contribution in [0.3, 0.4) is 0 Å². The molecule has 0 spiro atoms. The van der Waals surface area contributed by atoms with E-state index in [1.807, 2.05) is 36.0 Å². The van der Waals surface area contributed by atoms with Gasteiger partial charge in [-0.3, -0.25) is 0 Å². The van der Waals surface area contributed by atoms with Crippen molar-refractivity contribution >= 4 is 27.7 Å². The van der Waals surface area contributed by atoms with E-state index in [2.05, 4.69) is 51.5 Å². The van der Waals surface area contributed by atoms with Crippen molar-refractivity contribution in [2.75, 3.05) is 12.8 Å². The topological polar surface area (TPSA) is 51.0 Å². The molecule has 0 unspecified atom stereocenters. The van der Waals surface area contributed by atoms with Crippen molar-refractivity contribution < 1.29 is 4.42 Å². The third kappa shape index (κ3) is 4.07. The Morgan fingerprint density at radius 2 is 2.05 bits per heavy atom. The van der Waals surface area contributed by atoms with Crippen LogP contribution in [0.5, 0.6) is 0 Å². The van der Waals surface area contributed by atoms with Crippen LogP contribution in [0.15, 0.2) is 33.2 Å². The van der Waals surface area contributed by atoms with Gasteiger partial charge in [0, 0.05) is 15.8 Å². The number of benzene rings is 1. The second kappa shape index (κ2) is 6.74. The standard InChI is InChI=1S/C14H18BrN3OS/c1-14(2,20-3)9-16-8-12-17-18-13(19-12)10-6-4-5-7-11(10)15/h4-7,16H,8-9H2,1-3H3. The van der Waals surface area contributed by atoms with Crippen LogP contribution in [0.25, 0.3) is 11.5 Å². The minimum Gasteiger partial charge on any atom is -0.419 e. The quantitative estimate of drug-likeness (QED) is 0.855. The fourth-order valence-corrected chi connectivity index (χ4v) is 2.31. The molecule has 0 aliphatic carbocycles. The Balaban J connectivity index is 1.98. The molecule has 108 valence electrons. The van der Waals surface area contributed by atoms with E-state index in [4.69, 9.17) is 4.42 Å². The number of thioether (sulfide) groups is 1. The highest BCUT2D eigenvalue weighted by molar-refractivity contribution is 9.10. The highest BCUT2D eigenvalue weighted by atomic mass is 79.9. The van der Waals surface area contributed by atoms with Crippen molar-refractivity contribution in [2.24, 2.45) is 0 Å². The summed E-state index contributed by atoms with van der Waals surface area (Å²) in [5.41, 5.74) is 0.913. The Kier molecular flexibility index (Phi) is 5.23. The van der Waals surface area contributed by atoms with E-state index in [0.29, 0.717) is 18.3 Å². The van der Waals surface area contributed by atoms with Gasteiger partial charge in [0.05, 0.1) is 12.1 Å². The summed E-state index contributed by atoms with van der Waals surface area (Å²) >= 11 is 5.32. The van der Waals surface area contributed by atoms with E-state index in [-0.39, 0.29) is 4.75 Å². The van der Waals surface area contributed by atoms with Gasteiger partial charge in [0.25, 0.3) is 0 Å². The molecule has 1 aromatic carbocycles. The number of hydrogen-bond acceptors (Lipinski definition) is 5. The summed E-state index contributed by atoms with van der Waals surface area (Å²) < 4.78 is 6.83. The van der Waals surface area contributed by atoms with Crippen molar-refractivity contribution in [3.05, 3.63) is 34.6 Å². The SMILES string of the molecule is CSC(C)(C)CNCc1nnc(-c2ccccc2Br)o1. The normalized spacial score (nSPS) is 11.8. The maximum Gasteiger partial charge on any atom is 0.248 e. The molecular formula is C14H18BrN3OS. The van der Waals surface area contributed by atoms with E-state index >= 15 is 0 Å². The zero-order chi connectivity index (χ0) is 14.6. The van der Waals surface area contributed by atoms with Crippen LogP contribution in [0.1, 0.15) is 19.7 Å². The average Bonchev–Trinajstić information content (AvgIpc) is 2.88. The Hall–Kier alpha value is -0.850. The fraction of sp³-hybridized carbons (Fsp3) is 0.429. The lowest BCUT2D eigenvalue weighted by Crippen LogP contribution is -2.31. The molecule has 0 fully saturated rings. The van der Waals surface area contributed by atoms with Crippen LogP contribution in [-0.2, 0) is 6.54 Å². The Morgan fingerprint density at radius 1 is 1.30 bits per heavy atom. The Bertz CT molecular complexity index is 571. The number of halogens is 1. The molecule has 0 radical (unpaired) electrons. The summed E-state index contributed by atoms with van der Waals surface area (Å²) in [7, 11) is 0. The third-order valence-corrected chi connectivity index (χ3v) is 4.89. The van der Waals surface area contributed by atoms with Gasteiger partial charge in [-0.2, -0.15) is 11.8 Å². The second-order valence-electron chi connectivity index (χ2n) is 5.05. The molecule has 0 aliphatic rings. The van der Waals surface area contributed by atoms with Crippen molar-refractivity contribution in [1.82, 2.24) is 15.5 Å². The van der Waals surface area contributed by atoms with E-state index in [9.17, 15) is 0 Å². The van der Waals surface area contributed by atoms with E-state index in [1.54, 1.807) is 0 Å². The number of nitrogens with one attached hydrogen (secondary N) is 1. The molecule has 1 N–H and O–H groups in total. The van der Waals surface area contributed by atoms with Crippen LogP contribution >= 0.6 is 27.7 Å². The third-order valence-electron chi connectivity index (χ3n) is 2.95. The van der Waals surface area contributed by atoms with Crippen molar-refractivity contribution in [2.45, 2.75) is 25.1 Å². The van der Waals surface area contributed by atoms with Crippen LogP contribution < -0.4 is 5.32 Å². The lowest BCUT2D eigenvalue weighted by atomic mass is 10.2. The molecule has 0 bridgehead atoms. The molecule has 1 heterocycles. The zero-order valence-corrected chi connectivity index (χ0v) is 14.2.